The van der Waals surface area contributed by atoms with E-state index in [-0.39, 0.29) is 11.7 Å². The molecule has 96 valence electrons. The van der Waals surface area contributed by atoms with Crippen molar-refractivity contribution in [1.29, 1.82) is 0 Å². The second-order valence-electron chi connectivity index (χ2n) is 4.55. The third-order valence-electron chi connectivity index (χ3n) is 3.30. The minimum absolute atomic E-state index is 0.0666. The number of halogens is 2. The summed E-state index contributed by atoms with van der Waals surface area (Å²) in [5.74, 6) is -0.396. The summed E-state index contributed by atoms with van der Waals surface area (Å²) in [5, 5.41) is 0. The van der Waals surface area contributed by atoms with Crippen LogP contribution < -0.4 is 0 Å². The molecule has 0 atom stereocenters. The monoisotopic (exact) mass is 319 g/mol. The molecule has 0 bridgehead atoms. The summed E-state index contributed by atoms with van der Waals surface area (Å²) in [6.07, 6.45) is 0. The van der Waals surface area contributed by atoms with Crippen molar-refractivity contribution in [1.82, 2.24) is 4.90 Å². The zero-order valence-corrected chi connectivity index (χ0v) is 11.7. The summed E-state index contributed by atoms with van der Waals surface area (Å²) < 4.78 is 13.9. The molecule has 0 unspecified atom stereocenters. The van der Waals surface area contributed by atoms with Gasteiger partial charge in [-0.05, 0) is 41.5 Å². The molecule has 1 aliphatic heterocycles. The third kappa shape index (κ3) is 2.28. The van der Waals surface area contributed by atoms with Crippen LogP contribution in [0.5, 0.6) is 0 Å². The lowest BCUT2D eigenvalue weighted by Gasteiger charge is -2.15. The molecule has 0 N–H and O–H groups in total. The first-order valence-corrected chi connectivity index (χ1v) is 6.75. The van der Waals surface area contributed by atoms with E-state index >= 15 is 0 Å². The maximum atomic E-state index is 12.9. The Labute approximate surface area is 119 Å². The van der Waals surface area contributed by atoms with Crippen molar-refractivity contribution in [3.05, 3.63) is 69.4 Å². The van der Waals surface area contributed by atoms with Crippen LogP contribution in [0, 0.1) is 5.82 Å². The maximum Gasteiger partial charge on any atom is 0.254 e. The standard InChI is InChI=1S/C15H11BrFNO/c16-14-3-1-2-11-8-18(9-13(11)14)15(19)10-4-6-12(17)7-5-10/h1-7H,8-9H2. The van der Waals surface area contributed by atoms with E-state index in [1.807, 2.05) is 18.2 Å². The molecular formula is C15H11BrFNO. The van der Waals surface area contributed by atoms with Crippen LogP contribution in [0.4, 0.5) is 4.39 Å². The molecule has 0 radical (unpaired) electrons. The molecule has 3 rings (SSSR count). The van der Waals surface area contributed by atoms with E-state index in [0.29, 0.717) is 18.7 Å². The van der Waals surface area contributed by atoms with Crippen LogP contribution in [0.15, 0.2) is 46.9 Å². The molecule has 0 aromatic heterocycles. The minimum Gasteiger partial charge on any atom is -0.330 e. The number of fused-ring (bicyclic) bond motifs is 1. The highest BCUT2D eigenvalue weighted by molar-refractivity contribution is 9.10. The lowest BCUT2D eigenvalue weighted by molar-refractivity contribution is 0.0751. The number of carbonyl (C=O) groups excluding carboxylic acids is 1. The molecule has 2 nitrogen and oxygen atoms in total. The third-order valence-corrected chi connectivity index (χ3v) is 4.05. The van der Waals surface area contributed by atoms with Gasteiger partial charge in [-0.15, -0.1) is 0 Å². The van der Waals surface area contributed by atoms with Gasteiger partial charge in [-0.25, -0.2) is 4.39 Å². The second kappa shape index (κ2) is 4.78. The molecule has 0 spiro atoms. The fraction of sp³-hybridized carbons (Fsp3) is 0.133. The smallest absolute Gasteiger partial charge is 0.254 e. The Kier molecular flexibility index (Phi) is 3.11. The van der Waals surface area contributed by atoms with Gasteiger partial charge in [0.1, 0.15) is 5.82 Å². The average Bonchev–Trinajstić information content (AvgIpc) is 2.84. The van der Waals surface area contributed by atoms with E-state index in [0.717, 1.165) is 15.6 Å². The van der Waals surface area contributed by atoms with E-state index in [2.05, 4.69) is 15.9 Å². The van der Waals surface area contributed by atoms with Crippen LogP contribution in [0.1, 0.15) is 21.5 Å². The topological polar surface area (TPSA) is 20.3 Å². The fourth-order valence-corrected chi connectivity index (χ4v) is 2.83. The van der Waals surface area contributed by atoms with Crippen molar-refractivity contribution in [3.8, 4) is 0 Å². The van der Waals surface area contributed by atoms with Crippen LogP contribution in [-0.2, 0) is 13.1 Å². The van der Waals surface area contributed by atoms with Gasteiger partial charge in [-0.2, -0.15) is 0 Å². The van der Waals surface area contributed by atoms with Crippen molar-refractivity contribution in [3.63, 3.8) is 0 Å². The summed E-state index contributed by atoms with van der Waals surface area (Å²) in [5.41, 5.74) is 2.83. The van der Waals surface area contributed by atoms with Gasteiger partial charge in [-0.1, -0.05) is 28.1 Å². The molecule has 1 heterocycles. The summed E-state index contributed by atoms with van der Waals surface area (Å²) >= 11 is 3.50. The Morgan fingerprint density at radius 3 is 2.53 bits per heavy atom. The van der Waals surface area contributed by atoms with Crippen molar-refractivity contribution in [2.24, 2.45) is 0 Å². The van der Waals surface area contributed by atoms with Crippen LogP contribution in [0.25, 0.3) is 0 Å². The van der Waals surface area contributed by atoms with E-state index in [9.17, 15) is 9.18 Å². The molecule has 0 aliphatic carbocycles. The van der Waals surface area contributed by atoms with Crippen LogP contribution in [0.2, 0.25) is 0 Å². The number of nitrogens with zero attached hydrogens (tertiary/aromatic N) is 1. The molecule has 19 heavy (non-hydrogen) atoms. The molecule has 0 saturated carbocycles. The van der Waals surface area contributed by atoms with Crippen molar-refractivity contribution >= 4 is 21.8 Å². The summed E-state index contributed by atoms with van der Waals surface area (Å²) in [7, 11) is 0. The molecular weight excluding hydrogens is 309 g/mol. The molecule has 0 saturated heterocycles. The van der Waals surface area contributed by atoms with E-state index in [1.54, 1.807) is 4.90 Å². The van der Waals surface area contributed by atoms with Crippen LogP contribution in [-0.4, -0.2) is 10.8 Å². The molecule has 4 heteroatoms. The SMILES string of the molecule is O=C(c1ccc(F)cc1)N1Cc2cccc(Br)c2C1. The van der Waals surface area contributed by atoms with Gasteiger partial charge in [0.05, 0.1) is 0 Å². The van der Waals surface area contributed by atoms with Crippen molar-refractivity contribution in [2.45, 2.75) is 13.1 Å². The number of rotatable bonds is 1. The Morgan fingerprint density at radius 1 is 1.11 bits per heavy atom. The number of amides is 1. The summed E-state index contributed by atoms with van der Waals surface area (Å²) in [6.45, 7) is 1.19. The summed E-state index contributed by atoms with van der Waals surface area (Å²) in [4.78, 5) is 14.1. The number of hydrogen-bond acceptors (Lipinski definition) is 1. The van der Waals surface area contributed by atoms with Crippen LogP contribution >= 0.6 is 15.9 Å². The molecule has 2 aromatic carbocycles. The average molecular weight is 320 g/mol. The summed E-state index contributed by atoms with van der Waals surface area (Å²) in [6, 6.07) is 11.6. The molecule has 2 aromatic rings. The largest absolute Gasteiger partial charge is 0.330 e. The van der Waals surface area contributed by atoms with Crippen molar-refractivity contribution < 1.29 is 9.18 Å². The zero-order chi connectivity index (χ0) is 13.4. The Hall–Kier alpha value is -1.68. The first-order chi connectivity index (χ1) is 9.15. The molecule has 1 amide bonds. The number of carbonyl (C=O) groups is 1. The lowest BCUT2D eigenvalue weighted by atomic mass is 10.1. The molecule has 1 aliphatic rings. The van der Waals surface area contributed by atoms with Gasteiger partial charge < -0.3 is 4.90 Å². The van der Waals surface area contributed by atoms with Crippen LogP contribution in [0.3, 0.4) is 0 Å². The normalized spacial score (nSPS) is 13.5. The van der Waals surface area contributed by atoms with Gasteiger partial charge >= 0.3 is 0 Å². The Balaban J connectivity index is 1.85. The predicted molar refractivity (Wildman–Crippen MR) is 74.1 cm³/mol. The van der Waals surface area contributed by atoms with E-state index < -0.39 is 0 Å². The highest BCUT2D eigenvalue weighted by Gasteiger charge is 2.25. The van der Waals surface area contributed by atoms with Gasteiger partial charge in [0, 0.05) is 23.1 Å². The number of benzene rings is 2. The van der Waals surface area contributed by atoms with E-state index in [4.69, 9.17) is 0 Å². The highest BCUT2D eigenvalue weighted by Crippen LogP contribution is 2.30. The maximum absolute atomic E-state index is 12.9. The minimum atomic E-state index is -0.330. The lowest BCUT2D eigenvalue weighted by Crippen LogP contribution is -2.25. The number of hydrogen-bond donors (Lipinski definition) is 0. The van der Waals surface area contributed by atoms with Gasteiger partial charge in [0.15, 0.2) is 0 Å². The molecule has 0 fully saturated rings. The van der Waals surface area contributed by atoms with Crippen molar-refractivity contribution in [2.75, 3.05) is 0 Å². The van der Waals surface area contributed by atoms with Gasteiger partial charge in [-0.3, -0.25) is 4.79 Å². The Bertz CT molecular complexity index is 639. The fourth-order valence-electron chi connectivity index (χ4n) is 2.30. The van der Waals surface area contributed by atoms with Gasteiger partial charge in [0.2, 0.25) is 0 Å². The van der Waals surface area contributed by atoms with Gasteiger partial charge in [0.25, 0.3) is 5.91 Å². The highest BCUT2D eigenvalue weighted by atomic mass is 79.9. The Morgan fingerprint density at radius 2 is 1.84 bits per heavy atom. The second-order valence-corrected chi connectivity index (χ2v) is 5.40. The predicted octanol–water partition coefficient (Wildman–Crippen LogP) is 3.74. The quantitative estimate of drug-likeness (QED) is 0.784. The first kappa shape index (κ1) is 12.4. The zero-order valence-electron chi connectivity index (χ0n) is 10.1. The van der Waals surface area contributed by atoms with E-state index in [1.165, 1.54) is 24.3 Å². The first-order valence-electron chi connectivity index (χ1n) is 5.96.